The molecule has 0 N–H and O–H groups in total. The Bertz CT molecular complexity index is 1720. The van der Waals surface area contributed by atoms with Crippen LogP contribution in [0, 0.1) is 0 Å². The van der Waals surface area contributed by atoms with E-state index in [1.54, 1.807) is 0 Å². The minimum atomic E-state index is 0.117. The van der Waals surface area contributed by atoms with Crippen LogP contribution in [0.3, 0.4) is 0 Å². The summed E-state index contributed by atoms with van der Waals surface area (Å²) in [6, 6.07) is 34.8. The summed E-state index contributed by atoms with van der Waals surface area (Å²) in [4.78, 5) is 8.16. The fraction of sp³-hybridized carbons (Fsp3) is 0.341. The highest BCUT2D eigenvalue weighted by Crippen LogP contribution is 2.41. The first-order valence-corrected chi connectivity index (χ1v) is 17.3. The van der Waals surface area contributed by atoms with E-state index >= 15 is 0 Å². The van der Waals surface area contributed by atoms with Crippen molar-refractivity contribution < 1.29 is 14.2 Å². The van der Waals surface area contributed by atoms with Crippen molar-refractivity contribution in [3.8, 4) is 39.9 Å². The molecule has 7 rings (SSSR count). The number of imidazole rings is 1. The number of aromatic nitrogens is 2. The Morgan fingerprint density at radius 1 is 0.723 bits per heavy atom. The second-order valence-electron chi connectivity index (χ2n) is 12.7. The zero-order valence-corrected chi connectivity index (χ0v) is 27.7. The number of nitrogens with zero attached hydrogens (tertiary/aromatic N) is 3. The molecule has 1 aromatic heterocycles. The highest BCUT2D eigenvalue weighted by molar-refractivity contribution is 5.69. The molecule has 242 valence electrons. The molecule has 0 aliphatic carbocycles. The lowest BCUT2D eigenvalue weighted by Crippen LogP contribution is -2.30. The average molecular weight is 628 g/mol. The normalized spacial score (nSPS) is 13.9. The molecule has 0 bridgehead atoms. The van der Waals surface area contributed by atoms with Gasteiger partial charge in [0.15, 0.2) is 11.5 Å². The summed E-state index contributed by atoms with van der Waals surface area (Å²) < 4.78 is 20.1. The summed E-state index contributed by atoms with van der Waals surface area (Å²) in [6.07, 6.45) is 6.44. The van der Waals surface area contributed by atoms with E-state index in [4.69, 9.17) is 19.2 Å². The van der Waals surface area contributed by atoms with Crippen LogP contribution in [0.1, 0.15) is 74.4 Å². The molecule has 1 atom stereocenters. The Labute approximate surface area is 278 Å². The maximum atomic E-state index is 6.03. The third-order valence-electron chi connectivity index (χ3n) is 9.38. The van der Waals surface area contributed by atoms with E-state index in [9.17, 15) is 0 Å². The van der Waals surface area contributed by atoms with Crippen LogP contribution in [0.4, 0.5) is 0 Å². The number of benzene rings is 4. The Morgan fingerprint density at radius 2 is 1.40 bits per heavy atom. The molecule has 0 radical (unpaired) electrons. The molecule has 0 unspecified atom stereocenters. The first kappa shape index (κ1) is 31.1. The molecule has 0 amide bonds. The second-order valence-corrected chi connectivity index (χ2v) is 12.7. The first-order valence-electron chi connectivity index (χ1n) is 17.3. The first-order chi connectivity index (χ1) is 23.2. The molecule has 47 heavy (non-hydrogen) atoms. The quantitative estimate of drug-likeness (QED) is 0.123. The van der Waals surface area contributed by atoms with Gasteiger partial charge in [0.05, 0.1) is 24.0 Å². The minimum absolute atomic E-state index is 0.117. The molecule has 0 fully saturated rings. The number of hydrogen-bond donors (Lipinski definition) is 0. The van der Waals surface area contributed by atoms with Gasteiger partial charge in [-0.25, -0.2) is 4.98 Å². The third kappa shape index (κ3) is 6.79. The number of rotatable bonds is 14. The van der Waals surface area contributed by atoms with Crippen molar-refractivity contribution >= 4 is 0 Å². The molecular formula is C41H45N3O3. The SMILES string of the molecule is CCCC[C@@H](c1c(-c2ccccc2)nc(-c2ccccc2)n1CCCC)N(Cc1ccc2c(c1)OCC2)Cc1ccc2c(c1)OCO2. The Balaban J connectivity index is 1.39. The molecule has 6 heteroatoms. The van der Waals surface area contributed by atoms with E-state index in [2.05, 4.69) is 120 Å². The van der Waals surface area contributed by atoms with Crippen LogP contribution in [0.25, 0.3) is 22.6 Å². The van der Waals surface area contributed by atoms with Gasteiger partial charge in [-0.3, -0.25) is 4.90 Å². The van der Waals surface area contributed by atoms with E-state index in [1.165, 1.54) is 22.4 Å². The summed E-state index contributed by atoms with van der Waals surface area (Å²) in [5, 5.41) is 0. The lowest BCUT2D eigenvalue weighted by Gasteiger charge is -2.34. The minimum Gasteiger partial charge on any atom is -0.493 e. The predicted molar refractivity (Wildman–Crippen MR) is 188 cm³/mol. The van der Waals surface area contributed by atoms with Gasteiger partial charge in [-0.15, -0.1) is 0 Å². The number of hydrogen-bond acceptors (Lipinski definition) is 5. The number of fused-ring (bicyclic) bond motifs is 2. The lowest BCUT2D eigenvalue weighted by molar-refractivity contribution is 0.159. The van der Waals surface area contributed by atoms with E-state index in [0.29, 0.717) is 0 Å². The third-order valence-corrected chi connectivity index (χ3v) is 9.38. The molecule has 5 aromatic rings. The van der Waals surface area contributed by atoms with E-state index < -0.39 is 0 Å². The zero-order valence-electron chi connectivity index (χ0n) is 27.7. The summed E-state index contributed by atoms with van der Waals surface area (Å²) in [6.45, 7) is 8.06. The van der Waals surface area contributed by atoms with Crippen LogP contribution in [0.15, 0.2) is 97.1 Å². The number of ether oxygens (including phenoxy) is 3. The molecule has 2 aliphatic heterocycles. The Kier molecular flexibility index (Phi) is 9.57. The molecule has 0 spiro atoms. The van der Waals surface area contributed by atoms with Gasteiger partial charge in [0, 0.05) is 37.2 Å². The van der Waals surface area contributed by atoms with Crippen molar-refractivity contribution in [2.75, 3.05) is 13.4 Å². The van der Waals surface area contributed by atoms with Gasteiger partial charge in [-0.05, 0) is 47.7 Å². The molecule has 2 aliphatic rings. The van der Waals surface area contributed by atoms with Gasteiger partial charge >= 0.3 is 0 Å². The van der Waals surface area contributed by atoms with Crippen molar-refractivity contribution in [2.24, 2.45) is 0 Å². The molecular weight excluding hydrogens is 582 g/mol. The van der Waals surface area contributed by atoms with Gasteiger partial charge < -0.3 is 18.8 Å². The maximum Gasteiger partial charge on any atom is 0.231 e. The van der Waals surface area contributed by atoms with Gasteiger partial charge in [0.25, 0.3) is 0 Å². The van der Waals surface area contributed by atoms with Gasteiger partial charge in [-0.1, -0.05) is 112 Å². The standard InChI is InChI=1S/C41H45N3O3/c1-3-5-17-35(40-39(33-13-9-7-10-14-33)42-41(44(40)23-6-4-2)34-15-11-8-12-16-34)43(27-30-18-20-32-22-24-45-37(32)25-30)28-31-19-21-36-38(26-31)47-29-46-36/h7-16,18-21,25-26,35H,3-6,17,22-24,27-29H2,1-2H3/t35-/m0/s1. The topological polar surface area (TPSA) is 48.8 Å². The van der Waals surface area contributed by atoms with E-state index in [1.807, 2.05) is 0 Å². The van der Waals surface area contributed by atoms with E-state index in [0.717, 1.165) is 105 Å². The number of unbranched alkanes of at least 4 members (excludes halogenated alkanes) is 2. The summed E-state index contributed by atoms with van der Waals surface area (Å²) >= 11 is 0. The fourth-order valence-electron chi connectivity index (χ4n) is 6.95. The van der Waals surface area contributed by atoms with Crippen LogP contribution >= 0.6 is 0 Å². The van der Waals surface area contributed by atoms with Crippen molar-refractivity contribution in [1.82, 2.24) is 14.5 Å². The van der Waals surface area contributed by atoms with Crippen molar-refractivity contribution in [3.05, 3.63) is 119 Å². The second kappa shape index (κ2) is 14.5. The highest BCUT2D eigenvalue weighted by atomic mass is 16.7. The molecule has 6 nitrogen and oxygen atoms in total. The van der Waals surface area contributed by atoms with Crippen LogP contribution in [-0.2, 0) is 26.1 Å². The average Bonchev–Trinajstić information content (AvgIpc) is 3.87. The summed E-state index contributed by atoms with van der Waals surface area (Å²) in [7, 11) is 0. The van der Waals surface area contributed by atoms with Gasteiger partial charge in [0.1, 0.15) is 11.6 Å². The van der Waals surface area contributed by atoms with Crippen LogP contribution < -0.4 is 14.2 Å². The summed E-state index contributed by atoms with van der Waals surface area (Å²) in [5.74, 6) is 3.71. The Morgan fingerprint density at radius 3 is 2.15 bits per heavy atom. The summed E-state index contributed by atoms with van der Waals surface area (Å²) in [5.41, 5.74) is 8.46. The van der Waals surface area contributed by atoms with Crippen molar-refractivity contribution in [3.63, 3.8) is 0 Å². The Hall–Kier alpha value is -4.55. The van der Waals surface area contributed by atoms with Crippen LogP contribution in [-0.4, -0.2) is 27.9 Å². The van der Waals surface area contributed by atoms with Crippen molar-refractivity contribution in [1.29, 1.82) is 0 Å². The molecule has 3 heterocycles. The zero-order chi connectivity index (χ0) is 32.0. The van der Waals surface area contributed by atoms with Gasteiger partial charge in [0.2, 0.25) is 6.79 Å². The molecule has 0 saturated heterocycles. The highest BCUT2D eigenvalue weighted by Gasteiger charge is 2.31. The monoisotopic (exact) mass is 627 g/mol. The molecule has 0 saturated carbocycles. The van der Waals surface area contributed by atoms with Crippen molar-refractivity contribution in [2.45, 2.75) is 78.0 Å². The van der Waals surface area contributed by atoms with E-state index in [-0.39, 0.29) is 12.8 Å². The van der Waals surface area contributed by atoms with Crippen LogP contribution in [0.2, 0.25) is 0 Å². The molecule has 4 aromatic carbocycles. The lowest BCUT2D eigenvalue weighted by atomic mass is 9.97. The van der Waals surface area contributed by atoms with Gasteiger partial charge in [-0.2, -0.15) is 0 Å². The maximum absolute atomic E-state index is 6.03. The smallest absolute Gasteiger partial charge is 0.231 e. The largest absolute Gasteiger partial charge is 0.493 e. The predicted octanol–water partition coefficient (Wildman–Crippen LogP) is 9.61. The van der Waals surface area contributed by atoms with Crippen LogP contribution in [0.5, 0.6) is 17.2 Å². The fourth-order valence-corrected chi connectivity index (χ4v) is 6.95.